The first-order chi connectivity index (χ1) is 11.6. The molecule has 1 unspecified atom stereocenters. The SMILES string of the molecule is CCCCOC(=O)C(=CC1(CC)C=CC=CC1)C(=O)OCCCC. The Balaban J connectivity index is 2.96. The molecule has 0 heterocycles. The molecule has 0 saturated heterocycles. The lowest BCUT2D eigenvalue weighted by molar-refractivity contribution is -0.147. The Labute approximate surface area is 145 Å². The molecule has 1 aliphatic rings. The quantitative estimate of drug-likeness (QED) is 0.194. The first kappa shape index (κ1) is 20.2. The summed E-state index contributed by atoms with van der Waals surface area (Å²) in [6.07, 6.45) is 14.7. The Morgan fingerprint density at radius 2 is 1.58 bits per heavy atom. The largest absolute Gasteiger partial charge is 0.462 e. The summed E-state index contributed by atoms with van der Waals surface area (Å²) in [5.41, 5.74) is -0.318. The fourth-order valence-electron chi connectivity index (χ4n) is 2.42. The number of unbranched alkanes of at least 4 members (excludes halogenated alkanes) is 2. The Hall–Kier alpha value is -1.84. The molecule has 0 aromatic carbocycles. The van der Waals surface area contributed by atoms with Crippen LogP contribution < -0.4 is 0 Å². The van der Waals surface area contributed by atoms with Crippen molar-refractivity contribution in [3.05, 3.63) is 36.0 Å². The molecule has 134 valence electrons. The molecule has 4 heteroatoms. The second kappa shape index (κ2) is 10.8. The third kappa shape index (κ3) is 6.34. The van der Waals surface area contributed by atoms with Crippen molar-refractivity contribution in [3.63, 3.8) is 0 Å². The van der Waals surface area contributed by atoms with Gasteiger partial charge in [0.15, 0.2) is 0 Å². The number of allylic oxidation sites excluding steroid dienone is 5. The predicted octanol–water partition coefficient (Wildman–Crippen LogP) is 4.51. The molecule has 0 aromatic rings. The van der Waals surface area contributed by atoms with Crippen molar-refractivity contribution in [1.29, 1.82) is 0 Å². The smallest absolute Gasteiger partial charge is 0.345 e. The average Bonchev–Trinajstić information content (AvgIpc) is 2.60. The molecule has 0 N–H and O–H groups in total. The van der Waals surface area contributed by atoms with Gasteiger partial charge in [-0.2, -0.15) is 0 Å². The normalized spacial score (nSPS) is 19.0. The van der Waals surface area contributed by atoms with E-state index in [0.717, 1.165) is 38.5 Å². The van der Waals surface area contributed by atoms with Crippen LogP contribution in [0.1, 0.15) is 59.3 Å². The number of hydrogen-bond acceptors (Lipinski definition) is 4. The van der Waals surface area contributed by atoms with E-state index < -0.39 is 11.9 Å². The van der Waals surface area contributed by atoms with E-state index in [1.165, 1.54) is 0 Å². The Bertz CT molecular complexity index is 478. The summed E-state index contributed by atoms with van der Waals surface area (Å²) in [6.45, 7) is 6.74. The molecule has 4 nitrogen and oxygen atoms in total. The van der Waals surface area contributed by atoms with Gasteiger partial charge in [-0.1, -0.05) is 64.0 Å². The predicted molar refractivity (Wildman–Crippen MR) is 95.4 cm³/mol. The van der Waals surface area contributed by atoms with Gasteiger partial charge >= 0.3 is 11.9 Å². The highest BCUT2D eigenvalue weighted by molar-refractivity contribution is 6.14. The molecule has 1 rings (SSSR count). The lowest BCUT2D eigenvalue weighted by atomic mass is 9.78. The Morgan fingerprint density at radius 3 is 2.00 bits per heavy atom. The molecule has 0 aromatic heterocycles. The molecule has 0 radical (unpaired) electrons. The number of carbonyl (C=O) groups is 2. The van der Waals surface area contributed by atoms with E-state index in [4.69, 9.17) is 9.47 Å². The maximum absolute atomic E-state index is 12.4. The summed E-state index contributed by atoms with van der Waals surface area (Å²) >= 11 is 0. The van der Waals surface area contributed by atoms with E-state index in [0.29, 0.717) is 13.2 Å². The first-order valence-electron chi connectivity index (χ1n) is 9.00. The lowest BCUT2D eigenvalue weighted by Crippen LogP contribution is -2.24. The summed E-state index contributed by atoms with van der Waals surface area (Å²) in [7, 11) is 0. The van der Waals surface area contributed by atoms with Crippen LogP contribution >= 0.6 is 0 Å². The third-order valence-electron chi connectivity index (χ3n) is 4.17. The van der Waals surface area contributed by atoms with Crippen LogP contribution in [0.15, 0.2) is 36.0 Å². The molecule has 0 aliphatic heterocycles. The topological polar surface area (TPSA) is 52.6 Å². The fraction of sp³-hybridized carbons (Fsp3) is 0.600. The molecule has 0 bridgehead atoms. The van der Waals surface area contributed by atoms with Gasteiger partial charge in [-0.25, -0.2) is 9.59 Å². The molecule has 0 amide bonds. The van der Waals surface area contributed by atoms with Crippen LogP contribution in [0.25, 0.3) is 0 Å². The maximum Gasteiger partial charge on any atom is 0.345 e. The Morgan fingerprint density at radius 1 is 1.00 bits per heavy atom. The monoisotopic (exact) mass is 334 g/mol. The fourth-order valence-corrected chi connectivity index (χ4v) is 2.42. The number of rotatable bonds is 10. The zero-order chi connectivity index (χ0) is 17.8. The zero-order valence-electron chi connectivity index (χ0n) is 15.2. The molecule has 0 fully saturated rings. The summed E-state index contributed by atoms with van der Waals surface area (Å²) in [6, 6.07) is 0. The van der Waals surface area contributed by atoms with Crippen LogP contribution in [-0.4, -0.2) is 25.2 Å². The number of hydrogen-bond donors (Lipinski definition) is 0. The van der Waals surface area contributed by atoms with Gasteiger partial charge in [-0.15, -0.1) is 0 Å². The standard InChI is InChI=1S/C20H30O4/c1-4-7-14-23-18(21)17(19(22)24-15-8-5-2)16-20(6-3)12-10-9-11-13-20/h9-12,16H,4-8,13-15H2,1-3H3. The zero-order valence-corrected chi connectivity index (χ0v) is 15.2. The second-order valence-electron chi connectivity index (χ2n) is 6.12. The van der Waals surface area contributed by atoms with Crippen molar-refractivity contribution in [1.82, 2.24) is 0 Å². The van der Waals surface area contributed by atoms with Crippen LogP contribution in [0.3, 0.4) is 0 Å². The number of carbonyl (C=O) groups excluding carboxylic acids is 2. The molecule has 0 saturated carbocycles. The van der Waals surface area contributed by atoms with E-state index >= 15 is 0 Å². The van der Waals surface area contributed by atoms with Crippen molar-refractivity contribution in [2.75, 3.05) is 13.2 Å². The minimum Gasteiger partial charge on any atom is -0.462 e. The highest BCUT2D eigenvalue weighted by Crippen LogP contribution is 2.34. The van der Waals surface area contributed by atoms with Crippen LogP contribution in [0.2, 0.25) is 0 Å². The summed E-state index contributed by atoms with van der Waals surface area (Å²) in [4.78, 5) is 24.8. The van der Waals surface area contributed by atoms with E-state index in [-0.39, 0.29) is 11.0 Å². The summed E-state index contributed by atoms with van der Waals surface area (Å²) in [5, 5.41) is 0. The average molecular weight is 334 g/mol. The minimum atomic E-state index is -0.583. The minimum absolute atomic E-state index is 0.0176. The summed E-state index contributed by atoms with van der Waals surface area (Å²) < 4.78 is 10.5. The highest BCUT2D eigenvalue weighted by Gasteiger charge is 2.29. The van der Waals surface area contributed by atoms with Gasteiger partial charge in [0.2, 0.25) is 0 Å². The van der Waals surface area contributed by atoms with Crippen molar-refractivity contribution >= 4 is 11.9 Å². The van der Waals surface area contributed by atoms with E-state index in [2.05, 4.69) is 0 Å². The molecular weight excluding hydrogens is 304 g/mol. The molecular formula is C20H30O4. The third-order valence-corrected chi connectivity index (χ3v) is 4.17. The molecule has 1 aliphatic carbocycles. The van der Waals surface area contributed by atoms with Crippen molar-refractivity contribution in [2.45, 2.75) is 59.3 Å². The number of ether oxygens (including phenoxy) is 2. The molecule has 0 spiro atoms. The van der Waals surface area contributed by atoms with E-state index in [9.17, 15) is 9.59 Å². The van der Waals surface area contributed by atoms with Gasteiger partial charge < -0.3 is 9.47 Å². The van der Waals surface area contributed by atoms with E-state index in [1.54, 1.807) is 6.08 Å². The maximum atomic E-state index is 12.4. The van der Waals surface area contributed by atoms with Crippen molar-refractivity contribution in [3.8, 4) is 0 Å². The number of esters is 2. The van der Waals surface area contributed by atoms with Crippen LogP contribution in [0, 0.1) is 5.41 Å². The summed E-state index contributed by atoms with van der Waals surface area (Å²) in [5.74, 6) is -1.17. The van der Waals surface area contributed by atoms with Crippen LogP contribution in [-0.2, 0) is 19.1 Å². The van der Waals surface area contributed by atoms with Crippen molar-refractivity contribution < 1.29 is 19.1 Å². The molecule has 24 heavy (non-hydrogen) atoms. The van der Waals surface area contributed by atoms with Gasteiger partial charge in [0.25, 0.3) is 0 Å². The van der Waals surface area contributed by atoms with Gasteiger partial charge in [-0.05, 0) is 25.7 Å². The van der Waals surface area contributed by atoms with Crippen LogP contribution in [0.5, 0.6) is 0 Å². The van der Waals surface area contributed by atoms with Gasteiger partial charge in [0, 0.05) is 5.41 Å². The van der Waals surface area contributed by atoms with Gasteiger partial charge in [-0.3, -0.25) is 0 Å². The lowest BCUT2D eigenvalue weighted by Gasteiger charge is -2.27. The highest BCUT2D eigenvalue weighted by atomic mass is 16.6. The first-order valence-corrected chi connectivity index (χ1v) is 9.00. The van der Waals surface area contributed by atoms with Gasteiger partial charge in [0.1, 0.15) is 5.57 Å². The molecule has 1 atom stereocenters. The van der Waals surface area contributed by atoms with Gasteiger partial charge in [0.05, 0.1) is 13.2 Å². The second-order valence-corrected chi connectivity index (χ2v) is 6.12. The van der Waals surface area contributed by atoms with E-state index in [1.807, 2.05) is 45.1 Å². The Kier molecular flexibility index (Phi) is 9.13. The van der Waals surface area contributed by atoms with Crippen LogP contribution in [0.4, 0.5) is 0 Å². The van der Waals surface area contributed by atoms with Crippen molar-refractivity contribution in [2.24, 2.45) is 5.41 Å².